The Bertz CT molecular complexity index is 1130. The van der Waals surface area contributed by atoms with Crippen molar-refractivity contribution >= 4 is 48.5 Å². The van der Waals surface area contributed by atoms with Crippen LogP contribution in [-0.2, 0) is 10.0 Å². The highest BCUT2D eigenvalue weighted by Crippen LogP contribution is 2.40. The van der Waals surface area contributed by atoms with Crippen molar-refractivity contribution in [1.29, 1.82) is 0 Å². The third-order valence-corrected chi connectivity index (χ3v) is 6.87. The van der Waals surface area contributed by atoms with Crippen LogP contribution in [0.15, 0.2) is 45.8 Å². The van der Waals surface area contributed by atoms with Gasteiger partial charge in [0.05, 0.1) is 16.1 Å². The minimum Gasteiger partial charge on any atom is -0.490 e. The maximum atomic E-state index is 13.3. The van der Waals surface area contributed by atoms with Gasteiger partial charge in [0.25, 0.3) is 10.0 Å². The highest BCUT2D eigenvalue weighted by Gasteiger charge is 2.27. The molecule has 0 aliphatic carbocycles. The van der Waals surface area contributed by atoms with Gasteiger partial charge in [0.1, 0.15) is 18.2 Å². The lowest BCUT2D eigenvalue weighted by molar-refractivity contribution is 0.262. The number of ether oxygens (including phenoxy) is 1. The predicted octanol–water partition coefficient (Wildman–Crippen LogP) is 4.68. The van der Waals surface area contributed by atoms with Crippen molar-refractivity contribution in [2.75, 3.05) is 27.2 Å². The van der Waals surface area contributed by atoms with E-state index in [1.54, 1.807) is 19.1 Å². The molecule has 0 N–H and O–H groups in total. The lowest BCUT2D eigenvalue weighted by Gasteiger charge is -2.12. The molecule has 0 bridgehead atoms. The van der Waals surface area contributed by atoms with Crippen molar-refractivity contribution in [1.82, 2.24) is 8.87 Å². The predicted molar refractivity (Wildman–Crippen MR) is 112 cm³/mol. The first-order chi connectivity index (χ1) is 13.1. The van der Waals surface area contributed by atoms with E-state index in [0.29, 0.717) is 45.0 Å². The van der Waals surface area contributed by atoms with E-state index in [1.165, 1.54) is 16.1 Å². The lowest BCUT2D eigenvalue weighted by atomic mass is 10.2. The summed E-state index contributed by atoms with van der Waals surface area (Å²) in [6.45, 7) is 2.72. The normalized spacial score (nSPS) is 12.1. The van der Waals surface area contributed by atoms with Crippen molar-refractivity contribution in [3.05, 3.63) is 57.4 Å². The van der Waals surface area contributed by atoms with Gasteiger partial charge in [0.2, 0.25) is 0 Å². The zero-order valence-corrected chi connectivity index (χ0v) is 18.7. The minimum absolute atomic E-state index is 0.0180. The maximum absolute atomic E-state index is 13.3. The average Bonchev–Trinajstić information content (AvgIpc) is 2.88. The first kappa shape index (κ1) is 21.1. The van der Waals surface area contributed by atoms with Crippen molar-refractivity contribution < 1.29 is 17.5 Å². The molecule has 5 nitrogen and oxygen atoms in total. The Kier molecular flexibility index (Phi) is 6.05. The minimum atomic E-state index is -3.98. The molecule has 0 saturated heterocycles. The van der Waals surface area contributed by atoms with Crippen molar-refractivity contribution in [2.24, 2.45) is 0 Å². The Morgan fingerprint density at radius 3 is 2.46 bits per heavy atom. The highest BCUT2D eigenvalue weighted by molar-refractivity contribution is 9.10. The lowest BCUT2D eigenvalue weighted by Crippen LogP contribution is -2.20. The summed E-state index contributed by atoms with van der Waals surface area (Å²) < 4.78 is 47.6. The first-order valence-electron chi connectivity index (χ1n) is 8.41. The third-order valence-electron chi connectivity index (χ3n) is 4.25. The van der Waals surface area contributed by atoms with Gasteiger partial charge >= 0.3 is 0 Å². The van der Waals surface area contributed by atoms with Gasteiger partial charge in [-0.1, -0.05) is 11.6 Å². The van der Waals surface area contributed by atoms with E-state index in [9.17, 15) is 12.8 Å². The Morgan fingerprint density at radius 1 is 1.21 bits per heavy atom. The number of hydrogen-bond donors (Lipinski definition) is 0. The summed E-state index contributed by atoms with van der Waals surface area (Å²) in [5.74, 6) is -0.0561. The van der Waals surface area contributed by atoms with Crippen molar-refractivity contribution in [3.63, 3.8) is 0 Å². The van der Waals surface area contributed by atoms with Gasteiger partial charge in [-0.3, -0.25) is 0 Å². The summed E-state index contributed by atoms with van der Waals surface area (Å²) in [6.07, 6.45) is 0. The Hall–Kier alpha value is -1.61. The van der Waals surface area contributed by atoms with Gasteiger partial charge in [-0.15, -0.1) is 0 Å². The zero-order chi connectivity index (χ0) is 20.6. The molecular weight excluding hydrogens is 471 g/mol. The molecule has 150 valence electrons. The van der Waals surface area contributed by atoms with Crippen LogP contribution in [-0.4, -0.2) is 44.5 Å². The molecule has 1 heterocycles. The van der Waals surface area contributed by atoms with E-state index in [1.807, 2.05) is 19.0 Å². The number of nitrogens with zero attached hydrogens (tertiary/aromatic N) is 2. The molecule has 0 saturated carbocycles. The Labute approximate surface area is 176 Å². The second-order valence-electron chi connectivity index (χ2n) is 6.57. The molecule has 0 aliphatic rings. The average molecular weight is 490 g/mol. The van der Waals surface area contributed by atoms with Crippen LogP contribution in [0.4, 0.5) is 4.39 Å². The second-order valence-corrected chi connectivity index (χ2v) is 9.65. The maximum Gasteiger partial charge on any atom is 0.268 e. The van der Waals surface area contributed by atoms with Crippen LogP contribution in [0.2, 0.25) is 5.02 Å². The van der Waals surface area contributed by atoms with Crippen LogP contribution in [0, 0.1) is 12.7 Å². The fraction of sp³-hybridized carbons (Fsp3) is 0.263. The summed E-state index contributed by atoms with van der Waals surface area (Å²) in [7, 11) is -0.137. The molecule has 9 heteroatoms. The summed E-state index contributed by atoms with van der Waals surface area (Å²) in [5.41, 5.74) is 0.840. The first-order valence-corrected chi connectivity index (χ1v) is 11.0. The van der Waals surface area contributed by atoms with Crippen LogP contribution in [0.5, 0.6) is 5.75 Å². The molecule has 0 amide bonds. The molecule has 3 rings (SSSR count). The highest BCUT2D eigenvalue weighted by atomic mass is 79.9. The number of aromatic nitrogens is 1. The molecule has 3 aromatic rings. The topological polar surface area (TPSA) is 51.5 Å². The smallest absolute Gasteiger partial charge is 0.268 e. The quantitative estimate of drug-likeness (QED) is 0.504. The summed E-state index contributed by atoms with van der Waals surface area (Å²) >= 11 is 9.62. The van der Waals surface area contributed by atoms with Gasteiger partial charge in [-0.2, -0.15) is 0 Å². The molecule has 28 heavy (non-hydrogen) atoms. The van der Waals surface area contributed by atoms with Crippen LogP contribution in [0.1, 0.15) is 5.69 Å². The Balaban J connectivity index is 2.25. The van der Waals surface area contributed by atoms with E-state index in [2.05, 4.69) is 15.9 Å². The summed E-state index contributed by atoms with van der Waals surface area (Å²) in [4.78, 5) is 1.95. The van der Waals surface area contributed by atoms with Crippen LogP contribution in [0.3, 0.4) is 0 Å². The molecule has 0 fully saturated rings. The van der Waals surface area contributed by atoms with Gasteiger partial charge in [0, 0.05) is 21.4 Å². The number of benzene rings is 2. The van der Waals surface area contributed by atoms with E-state index in [4.69, 9.17) is 16.3 Å². The molecule has 0 unspecified atom stereocenters. The third kappa shape index (κ3) is 3.91. The standard InChI is InChI=1S/C19H19BrClFN2O3S/c1-12-19(27-9-8-23(2)3)16-10-13(21)11-17(20)18(16)24(12)28(25,26)15-6-4-14(22)5-7-15/h4-7,10-11H,8-9H2,1-3H3. The van der Waals surface area contributed by atoms with Gasteiger partial charge < -0.3 is 9.64 Å². The van der Waals surface area contributed by atoms with E-state index in [0.717, 1.165) is 12.1 Å². The molecular formula is C19H19BrClFN2O3S. The van der Waals surface area contributed by atoms with Gasteiger partial charge in [-0.05, 0) is 73.3 Å². The Morgan fingerprint density at radius 2 is 1.86 bits per heavy atom. The fourth-order valence-electron chi connectivity index (χ4n) is 2.93. The number of likely N-dealkylation sites (N-methyl/N-ethyl adjacent to an activating group) is 1. The van der Waals surface area contributed by atoms with Crippen LogP contribution >= 0.6 is 27.5 Å². The number of rotatable bonds is 6. The van der Waals surface area contributed by atoms with Crippen molar-refractivity contribution in [2.45, 2.75) is 11.8 Å². The molecule has 0 radical (unpaired) electrons. The number of hydrogen-bond acceptors (Lipinski definition) is 4. The summed E-state index contributed by atoms with van der Waals surface area (Å²) in [6, 6.07) is 8.03. The van der Waals surface area contributed by atoms with Crippen molar-refractivity contribution in [3.8, 4) is 5.75 Å². The van der Waals surface area contributed by atoms with Gasteiger partial charge in [-0.25, -0.2) is 16.8 Å². The monoisotopic (exact) mass is 488 g/mol. The van der Waals surface area contributed by atoms with E-state index in [-0.39, 0.29) is 4.90 Å². The molecule has 1 aromatic heterocycles. The van der Waals surface area contributed by atoms with Gasteiger partial charge in [0.15, 0.2) is 0 Å². The second kappa shape index (κ2) is 8.02. The van der Waals surface area contributed by atoms with E-state index < -0.39 is 15.8 Å². The number of fused-ring (bicyclic) bond motifs is 1. The SMILES string of the molecule is Cc1c(OCCN(C)C)c2cc(Cl)cc(Br)c2n1S(=O)(=O)c1ccc(F)cc1. The molecule has 0 aliphatic heterocycles. The van der Waals surface area contributed by atoms with Crippen LogP contribution in [0.25, 0.3) is 10.9 Å². The zero-order valence-electron chi connectivity index (χ0n) is 15.5. The fourth-order valence-corrected chi connectivity index (χ4v) is 5.60. The van der Waals surface area contributed by atoms with Crippen LogP contribution < -0.4 is 4.74 Å². The molecule has 0 atom stereocenters. The largest absolute Gasteiger partial charge is 0.490 e. The number of halogens is 3. The molecule has 0 spiro atoms. The van der Waals surface area contributed by atoms with E-state index >= 15 is 0 Å². The molecule has 2 aromatic carbocycles. The summed E-state index contributed by atoms with van der Waals surface area (Å²) in [5, 5.41) is 1.04.